The van der Waals surface area contributed by atoms with Crippen LogP contribution in [0.25, 0.3) is 0 Å². The molecule has 0 bridgehead atoms. The van der Waals surface area contributed by atoms with E-state index in [4.69, 9.17) is 15.9 Å². The van der Waals surface area contributed by atoms with Gasteiger partial charge >= 0.3 is 0 Å². The maximum Gasteiger partial charge on any atom is 0.0599 e. The summed E-state index contributed by atoms with van der Waals surface area (Å²) in [7, 11) is 0.136. The van der Waals surface area contributed by atoms with E-state index < -0.39 is 0 Å². The first-order chi connectivity index (χ1) is 7.72. The van der Waals surface area contributed by atoms with Gasteiger partial charge in [-0.2, -0.15) is 0 Å². The summed E-state index contributed by atoms with van der Waals surface area (Å²) < 4.78 is 5.89. The Kier molecular flexibility index (Phi) is 7.79. The van der Waals surface area contributed by atoms with Crippen LogP contribution in [0, 0.1) is 0 Å². The minimum absolute atomic E-state index is 0.136. The molecule has 1 heterocycles. The molecule has 0 aromatic carbocycles. The summed E-state index contributed by atoms with van der Waals surface area (Å²) in [5, 5.41) is 0. The number of likely N-dealkylation sites (tertiary alicyclic amines) is 1. The third-order valence-electron chi connectivity index (χ3n) is 3.00. The third-order valence-corrected chi connectivity index (χ3v) is 4.05. The number of hydrogen-bond donors (Lipinski definition) is 0. The number of ether oxygens (including phenoxy) is 1. The SMILES string of the molecule is CCCCCOC1CCN(CS(C)=S)CC1. The van der Waals surface area contributed by atoms with Crippen molar-refractivity contribution in [1.29, 1.82) is 0 Å². The fourth-order valence-corrected chi connectivity index (χ4v) is 3.28. The zero-order chi connectivity index (χ0) is 11.8. The monoisotopic (exact) mass is 263 g/mol. The highest BCUT2D eigenvalue weighted by Crippen LogP contribution is 2.14. The van der Waals surface area contributed by atoms with Crippen molar-refractivity contribution in [3.63, 3.8) is 0 Å². The normalized spacial score (nSPS) is 21.1. The highest BCUT2D eigenvalue weighted by Gasteiger charge is 2.19. The Morgan fingerprint density at radius 2 is 2.00 bits per heavy atom. The van der Waals surface area contributed by atoms with Crippen molar-refractivity contribution in [2.75, 3.05) is 31.8 Å². The Hall–Kier alpha value is 0.490. The molecule has 1 unspecified atom stereocenters. The van der Waals surface area contributed by atoms with E-state index in [1.807, 2.05) is 0 Å². The van der Waals surface area contributed by atoms with Gasteiger partial charge in [0.2, 0.25) is 0 Å². The Labute approximate surface area is 107 Å². The van der Waals surface area contributed by atoms with Crippen molar-refractivity contribution in [3.8, 4) is 0 Å². The number of piperidine rings is 1. The highest BCUT2D eigenvalue weighted by atomic mass is 32.8. The van der Waals surface area contributed by atoms with Crippen LogP contribution in [0.5, 0.6) is 0 Å². The van der Waals surface area contributed by atoms with E-state index in [0.717, 1.165) is 12.5 Å². The van der Waals surface area contributed by atoms with Crippen LogP contribution in [0.4, 0.5) is 0 Å². The largest absolute Gasteiger partial charge is 0.378 e. The minimum Gasteiger partial charge on any atom is -0.378 e. The standard InChI is InChI=1S/C12H25NOS2/c1-3-4-5-10-14-12-6-8-13(9-7-12)11-16(2)15/h12H,3-11H2,1-2H3. The summed E-state index contributed by atoms with van der Waals surface area (Å²) in [5.41, 5.74) is 0. The number of unbranched alkanes of at least 4 members (excludes halogenated alkanes) is 2. The van der Waals surface area contributed by atoms with Crippen LogP contribution >= 0.6 is 0 Å². The lowest BCUT2D eigenvalue weighted by Crippen LogP contribution is -2.38. The molecule has 2 nitrogen and oxygen atoms in total. The maximum atomic E-state index is 5.89. The molecule has 16 heavy (non-hydrogen) atoms. The van der Waals surface area contributed by atoms with Crippen molar-refractivity contribution in [2.24, 2.45) is 0 Å². The molecule has 0 aromatic heterocycles. The molecule has 1 rings (SSSR count). The fourth-order valence-electron chi connectivity index (χ4n) is 2.06. The van der Waals surface area contributed by atoms with E-state index in [9.17, 15) is 0 Å². The predicted molar refractivity (Wildman–Crippen MR) is 75.6 cm³/mol. The summed E-state index contributed by atoms with van der Waals surface area (Å²) in [6, 6.07) is 0. The molecule has 0 spiro atoms. The molecular formula is C12H25NOS2. The zero-order valence-electron chi connectivity index (χ0n) is 10.6. The van der Waals surface area contributed by atoms with Gasteiger partial charge < -0.3 is 4.74 Å². The van der Waals surface area contributed by atoms with E-state index in [-0.39, 0.29) is 9.45 Å². The summed E-state index contributed by atoms with van der Waals surface area (Å²) in [6.45, 7) is 5.53. The van der Waals surface area contributed by atoms with Crippen LogP contribution in [0.1, 0.15) is 39.0 Å². The summed E-state index contributed by atoms with van der Waals surface area (Å²) in [4.78, 5) is 2.49. The summed E-state index contributed by atoms with van der Waals surface area (Å²) in [5.74, 6) is 1.10. The van der Waals surface area contributed by atoms with Crippen molar-refractivity contribution in [3.05, 3.63) is 0 Å². The lowest BCUT2D eigenvalue weighted by molar-refractivity contribution is 0.00969. The minimum atomic E-state index is 0.136. The third kappa shape index (κ3) is 6.28. The summed E-state index contributed by atoms with van der Waals surface area (Å²) in [6.07, 6.45) is 8.84. The van der Waals surface area contributed by atoms with Gasteiger partial charge in [-0.25, -0.2) is 0 Å². The number of hydrogen-bond acceptors (Lipinski definition) is 3. The topological polar surface area (TPSA) is 12.5 Å². The molecule has 96 valence electrons. The molecular weight excluding hydrogens is 238 g/mol. The molecule has 4 heteroatoms. The second kappa shape index (κ2) is 8.56. The van der Waals surface area contributed by atoms with Gasteiger partial charge in [-0.1, -0.05) is 31.0 Å². The molecule has 1 fully saturated rings. The predicted octanol–water partition coefficient (Wildman–Crippen LogP) is 2.33. The van der Waals surface area contributed by atoms with Gasteiger partial charge in [0.1, 0.15) is 0 Å². The molecule has 1 aliphatic heterocycles. The van der Waals surface area contributed by atoms with Crippen molar-refractivity contribution in [1.82, 2.24) is 4.90 Å². The van der Waals surface area contributed by atoms with Crippen LogP contribution in [0.2, 0.25) is 0 Å². The van der Waals surface area contributed by atoms with Crippen LogP contribution in [-0.4, -0.2) is 42.8 Å². The van der Waals surface area contributed by atoms with E-state index in [0.29, 0.717) is 6.10 Å². The molecule has 1 saturated heterocycles. The van der Waals surface area contributed by atoms with Gasteiger partial charge in [0, 0.05) is 25.6 Å². The summed E-state index contributed by atoms with van der Waals surface area (Å²) >= 11 is 5.24. The van der Waals surface area contributed by atoms with Crippen LogP contribution in [-0.2, 0) is 25.4 Å². The first kappa shape index (κ1) is 14.6. The Bertz CT molecular complexity index is 203. The average Bonchev–Trinajstić information content (AvgIpc) is 2.26. The van der Waals surface area contributed by atoms with Gasteiger partial charge in [-0.05, 0) is 25.5 Å². The van der Waals surface area contributed by atoms with Gasteiger partial charge in [0.05, 0.1) is 6.10 Å². The highest BCUT2D eigenvalue weighted by molar-refractivity contribution is 8.28. The first-order valence-corrected chi connectivity index (χ1v) is 9.09. The smallest absolute Gasteiger partial charge is 0.0599 e. The first-order valence-electron chi connectivity index (χ1n) is 6.36. The number of nitrogens with zero attached hydrogens (tertiary/aromatic N) is 1. The van der Waals surface area contributed by atoms with Crippen molar-refractivity contribution in [2.45, 2.75) is 45.1 Å². The van der Waals surface area contributed by atoms with E-state index in [1.54, 1.807) is 0 Å². The quantitative estimate of drug-likeness (QED) is 0.654. The van der Waals surface area contributed by atoms with Crippen LogP contribution < -0.4 is 0 Å². The van der Waals surface area contributed by atoms with Crippen molar-refractivity contribution < 1.29 is 4.74 Å². The molecule has 0 saturated carbocycles. The Balaban J connectivity index is 2.05. The second-order valence-corrected chi connectivity index (χ2v) is 7.71. The van der Waals surface area contributed by atoms with E-state index in [1.165, 1.54) is 45.2 Å². The lowest BCUT2D eigenvalue weighted by atomic mass is 10.1. The van der Waals surface area contributed by atoms with Gasteiger partial charge in [-0.15, -0.1) is 9.45 Å². The van der Waals surface area contributed by atoms with Crippen LogP contribution in [0.3, 0.4) is 0 Å². The maximum absolute atomic E-state index is 5.89. The Morgan fingerprint density at radius 3 is 2.56 bits per heavy atom. The number of rotatable bonds is 7. The molecule has 0 aliphatic carbocycles. The average molecular weight is 263 g/mol. The van der Waals surface area contributed by atoms with Crippen molar-refractivity contribution >= 4 is 20.6 Å². The zero-order valence-corrected chi connectivity index (χ0v) is 12.2. The second-order valence-electron chi connectivity index (χ2n) is 4.60. The fraction of sp³-hybridized carbons (Fsp3) is 1.00. The molecule has 0 N–H and O–H groups in total. The van der Waals surface area contributed by atoms with E-state index in [2.05, 4.69) is 18.1 Å². The lowest BCUT2D eigenvalue weighted by Gasteiger charge is -2.31. The Morgan fingerprint density at radius 1 is 1.31 bits per heavy atom. The molecule has 1 aliphatic rings. The molecule has 1 atom stereocenters. The molecule has 0 radical (unpaired) electrons. The van der Waals surface area contributed by atoms with Gasteiger partial charge in [0.25, 0.3) is 0 Å². The van der Waals surface area contributed by atoms with E-state index >= 15 is 0 Å². The molecule has 0 amide bonds. The molecule has 0 aromatic rings. The van der Waals surface area contributed by atoms with Crippen LogP contribution in [0.15, 0.2) is 0 Å². The van der Waals surface area contributed by atoms with Gasteiger partial charge in [-0.3, -0.25) is 4.90 Å². The van der Waals surface area contributed by atoms with Gasteiger partial charge in [0.15, 0.2) is 0 Å².